The summed E-state index contributed by atoms with van der Waals surface area (Å²) < 4.78 is 41.2. The van der Waals surface area contributed by atoms with Crippen LogP contribution in [0.25, 0.3) is 0 Å². The van der Waals surface area contributed by atoms with E-state index in [9.17, 15) is 13.2 Å². The quantitative estimate of drug-likeness (QED) is 0.325. The maximum absolute atomic E-state index is 14.0. The molecular weight excluding hydrogens is 393 g/mol. The summed E-state index contributed by atoms with van der Waals surface area (Å²) in [4.78, 5) is 0. The van der Waals surface area contributed by atoms with E-state index < -0.39 is 17.5 Å². The van der Waals surface area contributed by atoms with Gasteiger partial charge in [0.25, 0.3) is 0 Å². The highest BCUT2D eigenvalue weighted by atomic mass is 19.2. The molecule has 0 atom stereocenters. The zero-order valence-corrected chi connectivity index (χ0v) is 17.5. The number of halogens is 3. The first-order valence-electron chi connectivity index (χ1n) is 10.4. The van der Waals surface area contributed by atoms with Gasteiger partial charge in [0.05, 0.1) is 0 Å². The summed E-state index contributed by atoms with van der Waals surface area (Å²) in [6, 6.07) is 14.9. The Labute approximate surface area is 181 Å². The lowest BCUT2D eigenvalue weighted by atomic mass is 9.99. The van der Waals surface area contributed by atoms with Gasteiger partial charge in [0.15, 0.2) is 17.5 Å². The van der Waals surface area contributed by atoms with Crippen molar-refractivity contribution in [3.8, 4) is 23.7 Å². The summed E-state index contributed by atoms with van der Waals surface area (Å²) in [6.07, 6.45) is 2.46. The highest BCUT2D eigenvalue weighted by Crippen LogP contribution is 2.41. The number of aryl methyl sites for hydroxylation is 1. The zero-order valence-electron chi connectivity index (χ0n) is 17.5. The molecule has 31 heavy (non-hydrogen) atoms. The lowest BCUT2D eigenvalue weighted by Crippen LogP contribution is -2.01. The molecule has 154 valence electrons. The molecule has 0 radical (unpaired) electrons. The van der Waals surface area contributed by atoms with Crippen LogP contribution < -0.4 is 0 Å². The van der Waals surface area contributed by atoms with E-state index in [1.807, 2.05) is 49.4 Å². The topological polar surface area (TPSA) is 0 Å². The Morgan fingerprint density at radius 1 is 0.774 bits per heavy atom. The van der Waals surface area contributed by atoms with Crippen molar-refractivity contribution in [2.45, 2.75) is 39.0 Å². The van der Waals surface area contributed by atoms with E-state index in [2.05, 4.69) is 23.7 Å². The van der Waals surface area contributed by atoms with Gasteiger partial charge in [0, 0.05) is 27.8 Å². The summed E-state index contributed by atoms with van der Waals surface area (Å²) in [5.41, 5.74) is 5.29. The highest BCUT2D eigenvalue weighted by molar-refractivity contribution is 5.54. The van der Waals surface area contributed by atoms with Crippen LogP contribution in [-0.4, -0.2) is 0 Å². The van der Waals surface area contributed by atoms with Crippen LogP contribution in [0, 0.1) is 48.1 Å². The van der Waals surface area contributed by atoms with Crippen molar-refractivity contribution in [3.63, 3.8) is 0 Å². The fraction of sp³-hybridized carbons (Fsp3) is 0.214. The molecule has 0 unspecified atom stereocenters. The van der Waals surface area contributed by atoms with Crippen LogP contribution in [0.4, 0.5) is 13.2 Å². The van der Waals surface area contributed by atoms with Crippen molar-refractivity contribution < 1.29 is 13.2 Å². The van der Waals surface area contributed by atoms with Gasteiger partial charge >= 0.3 is 0 Å². The lowest BCUT2D eigenvalue weighted by molar-refractivity contribution is 0.441. The monoisotopic (exact) mass is 414 g/mol. The van der Waals surface area contributed by atoms with Crippen molar-refractivity contribution in [2.24, 2.45) is 0 Å². The van der Waals surface area contributed by atoms with Crippen LogP contribution in [0.5, 0.6) is 0 Å². The summed E-state index contributed by atoms with van der Waals surface area (Å²) in [5.74, 6) is 8.94. The standard InChI is InChI=1S/C28H21F3/c1-3-24-23(17-26(29)28(31)27(24)30)13-10-20-9-12-21(25(16-20)22-14-15-22)11-8-19-6-4-18(2)5-7-19/h4-7,9,12,16-17,22H,3,14-15H2,1-2H3. The molecule has 3 aromatic rings. The molecule has 1 aliphatic carbocycles. The fourth-order valence-electron chi connectivity index (χ4n) is 3.49. The van der Waals surface area contributed by atoms with E-state index in [1.165, 1.54) is 5.56 Å². The van der Waals surface area contributed by atoms with Crippen molar-refractivity contribution in [3.05, 3.63) is 105 Å². The van der Waals surface area contributed by atoms with Gasteiger partial charge in [-0.05, 0) is 74.1 Å². The second-order valence-electron chi connectivity index (χ2n) is 7.81. The molecule has 0 spiro atoms. The first kappa shape index (κ1) is 20.8. The van der Waals surface area contributed by atoms with E-state index in [1.54, 1.807) is 6.92 Å². The molecule has 4 rings (SSSR count). The molecule has 3 aromatic carbocycles. The van der Waals surface area contributed by atoms with E-state index in [4.69, 9.17) is 0 Å². The maximum Gasteiger partial charge on any atom is 0.194 e. The largest absolute Gasteiger partial charge is 0.204 e. The Balaban J connectivity index is 1.67. The van der Waals surface area contributed by atoms with Crippen LogP contribution in [0.15, 0.2) is 48.5 Å². The SMILES string of the molecule is CCc1c(C#Cc2ccc(C#Cc3ccc(C)cc3)c(C3CC3)c2)cc(F)c(F)c1F. The van der Waals surface area contributed by atoms with Gasteiger partial charge in [-0.15, -0.1) is 0 Å². The van der Waals surface area contributed by atoms with E-state index in [0.29, 0.717) is 5.92 Å². The Morgan fingerprint density at radius 2 is 1.42 bits per heavy atom. The highest BCUT2D eigenvalue weighted by Gasteiger charge is 2.25. The third-order valence-corrected chi connectivity index (χ3v) is 5.42. The molecule has 1 aliphatic rings. The normalized spacial score (nSPS) is 12.5. The van der Waals surface area contributed by atoms with Crippen molar-refractivity contribution >= 4 is 0 Å². The smallest absolute Gasteiger partial charge is 0.194 e. The molecule has 1 saturated carbocycles. The van der Waals surface area contributed by atoms with Gasteiger partial charge in [-0.3, -0.25) is 0 Å². The molecule has 0 aliphatic heterocycles. The third kappa shape index (κ3) is 4.68. The minimum absolute atomic E-state index is 0.0920. The second kappa shape index (κ2) is 8.75. The summed E-state index contributed by atoms with van der Waals surface area (Å²) >= 11 is 0. The van der Waals surface area contributed by atoms with Crippen molar-refractivity contribution in [2.75, 3.05) is 0 Å². The van der Waals surface area contributed by atoms with E-state index in [0.717, 1.165) is 41.2 Å². The van der Waals surface area contributed by atoms with Gasteiger partial charge in [-0.2, -0.15) is 0 Å². The molecule has 0 saturated heterocycles. The molecule has 0 aromatic heterocycles. The van der Waals surface area contributed by atoms with Gasteiger partial charge in [-0.25, -0.2) is 13.2 Å². The molecule has 1 fully saturated rings. The van der Waals surface area contributed by atoms with Gasteiger partial charge < -0.3 is 0 Å². The summed E-state index contributed by atoms with van der Waals surface area (Å²) in [7, 11) is 0. The molecular formula is C28H21F3. The first-order chi connectivity index (χ1) is 15.0. The van der Waals surface area contributed by atoms with Gasteiger partial charge in [-0.1, -0.05) is 48.3 Å². The lowest BCUT2D eigenvalue weighted by Gasteiger charge is -2.06. The number of rotatable bonds is 2. The fourth-order valence-corrected chi connectivity index (χ4v) is 3.49. The summed E-state index contributed by atoms with van der Waals surface area (Å²) in [5, 5.41) is 0. The average molecular weight is 414 g/mol. The van der Waals surface area contributed by atoms with Crippen molar-refractivity contribution in [1.29, 1.82) is 0 Å². The van der Waals surface area contributed by atoms with Crippen LogP contribution in [0.3, 0.4) is 0 Å². The van der Waals surface area contributed by atoms with E-state index >= 15 is 0 Å². The molecule has 3 heteroatoms. The Morgan fingerprint density at radius 3 is 2.10 bits per heavy atom. The molecule has 0 bridgehead atoms. The minimum atomic E-state index is -1.45. The summed E-state index contributed by atoms with van der Waals surface area (Å²) in [6.45, 7) is 3.73. The number of hydrogen-bond acceptors (Lipinski definition) is 0. The molecule has 0 amide bonds. The van der Waals surface area contributed by atoms with Crippen molar-refractivity contribution in [1.82, 2.24) is 0 Å². The molecule has 0 N–H and O–H groups in total. The van der Waals surface area contributed by atoms with Crippen LogP contribution in [0.2, 0.25) is 0 Å². The molecule has 0 heterocycles. The van der Waals surface area contributed by atoms with Crippen LogP contribution in [0.1, 0.15) is 64.6 Å². The predicted octanol–water partition coefficient (Wildman–Crippen LogP) is 6.65. The minimum Gasteiger partial charge on any atom is -0.204 e. The zero-order chi connectivity index (χ0) is 22.0. The van der Waals surface area contributed by atoms with Crippen LogP contribution in [-0.2, 0) is 6.42 Å². The molecule has 0 nitrogen and oxygen atoms in total. The number of hydrogen-bond donors (Lipinski definition) is 0. The Kier molecular flexibility index (Phi) is 5.88. The first-order valence-corrected chi connectivity index (χ1v) is 10.4. The van der Waals surface area contributed by atoms with Gasteiger partial charge in [0.2, 0.25) is 0 Å². The maximum atomic E-state index is 14.0. The average Bonchev–Trinajstić information content (AvgIpc) is 3.61. The second-order valence-corrected chi connectivity index (χ2v) is 7.81. The van der Waals surface area contributed by atoms with Gasteiger partial charge in [0.1, 0.15) is 0 Å². The van der Waals surface area contributed by atoms with E-state index in [-0.39, 0.29) is 17.5 Å². The third-order valence-electron chi connectivity index (χ3n) is 5.42. The van der Waals surface area contributed by atoms with Crippen LogP contribution >= 0.6 is 0 Å². The Bertz CT molecular complexity index is 1260. The Hall–Kier alpha value is -3.43. The number of benzene rings is 3. The predicted molar refractivity (Wildman–Crippen MR) is 117 cm³/mol.